The van der Waals surface area contributed by atoms with Gasteiger partial charge in [-0.3, -0.25) is 0 Å². The van der Waals surface area contributed by atoms with Gasteiger partial charge < -0.3 is 19.7 Å². The topological polar surface area (TPSA) is 33.7 Å². The Morgan fingerprint density at radius 2 is 1.86 bits per heavy atom. The molecule has 0 saturated carbocycles. The second-order valence-electron chi connectivity index (χ2n) is 5.51. The van der Waals surface area contributed by atoms with Gasteiger partial charge in [0.25, 0.3) is 0 Å². The zero-order valence-corrected chi connectivity index (χ0v) is 13.7. The van der Waals surface area contributed by atoms with Crippen LogP contribution in [0, 0.1) is 0 Å². The molecule has 118 valence electrons. The van der Waals surface area contributed by atoms with Gasteiger partial charge in [0.15, 0.2) is 11.5 Å². The molecule has 1 aliphatic heterocycles. The Hall–Kier alpha value is -1.42. The summed E-state index contributed by atoms with van der Waals surface area (Å²) in [7, 11) is 0. The van der Waals surface area contributed by atoms with Crippen LogP contribution in [0.15, 0.2) is 18.2 Å². The van der Waals surface area contributed by atoms with E-state index in [4.69, 9.17) is 9.47 Å². The molecule has 1 aromatic rings. The predicted octanol–water partition coefficient (Wildman–Crippen LogP) is 3.06. The minimum Gasteiger partial charge on any atom is -0.490 e. The average Bonchev–Trinajstić information content (AvgIpc) is 2.50. The number of anilines is 1. The first-order valence-corrected chi connectivity index (χ1v) is 8.09. The van der Waals surface area contributed by atoms with E-state index in [9.17, 15) is 0 Å². The van der Waals surface area contributed by atoms with Crippen molar-refractivity contribution in [3.05, 3.63) is 18.2 Å². The molecule has 1 fully saturated rings. The maximum absolute atomic E-state index is 5.74. The number of ether oxygens (including phenoxy) is 2. The predicted molar refractivity (Wildman–Crippen MR) is 87.7 cm³/mol. The number of nitrogens with one attached hydrogen (secondary N) is 1. The first kappa shape index (κ1) is 16.0. The van der Waals surface area contributed by atoms with Gasteiger partial charge in [-0.05, 0) is 39.3 Å². The van der Waals surface area contributed by atoms with Crippen LogP contribution in [0.1, 0.15) is 34.1 Å². The Kier molecular flexibility index (Phi) is 5.74. The van der Waals surface area contributed by atoms with Crippen molar-refractivity contribution in [2.45, 2.75) is 46.2 Å². The van der Waals surface area contributed by atoms with E-state index in [1.54, 1.807) is 0 Å². The van der Waals surface area contributed by atoms with Crippen LogP contribution in [0.2, 0.25) is 0 Å². The van der Waals surface area contributed by atoms with Gasteiger partial charge in [0.2, 0.25) is 0 Å². The highest BCUT2D eigenvalue weighted by molar-refractivity contribution is 5.57. The van der Waals surface area contributed by atoms with E-state index in [0.29, 0.717) is 25.3 Å². The molecule has 1 aromatic carbocycles. The van der Waals surface area contributed by atoms with Crippen LogP contribution in [-0.4, -0.2) is 38.4 Å². The Balaban J connectivity index is 2.23. The molecule has 0 aromatic heterocycles. The fraction of sp³-hybridized carbons (Fsp3) is 0.647. The van der Waals surface area contributed by atoms with Crippen LogP contribution in [-0.2, 0) is 0 Å². The summed E-state index contributed by atoms with van der Waals surface area (Å²) >= 11 is 0. The van der Waals surface area contributed by atoms with E-state index < -0.39 is 0 Å². The SMILES string of the molecule is CCOc1ccc(N2CC(CC)NCC2C)cc1OCC. The summed E-state index contributed by atoms with van der Waals surface area (Å²) in [5.74, 6) is 1.67. The maximum atomic E-state index is 5.74. The van der Waals surface area contributed by atoms with Crippen LogP contribution in [0.3, 0.4) is 0 Å². The summed E-state index contributed by atoms with van der Waals surface area (Å²) in [5.41, 5.74) is 1.22. The number of nitrogens with zero attached hydrogens (tertiary/aromatic N) is 1. The van der Waals surface area contributed by atoms with E-state index >= 15 is 0 Å². The Morgan fingerprint density at radius 1 is 1.14 bits per heavy atom. The molecule has 1 saturated heterocycles. The number of rotatable bonds is 6. The van der Waals surface area contributed by atoms with Crippen molar-refractivity contribution < 1.29 is 9.47 Å². The second-order valence-corrected chi connectivity index (χ2v) is 5.51. The summed E-state index contributed by atoms with van der Waals surface area (Å²) in [5, 5.41) is 3.59. The average molecular weight is 292 g/mol. The van der Waals surface area contributed by atoms with Gasteiger partial charge in [-0.1, -0.05) is 6.92 Å². The quantitative estimate of drug-likeness (QED) is 0.874. The molecule has 21 heavy (non-hydrogen) atoms. The number of piperazine rings is 1. The molecule has 0 radical (unpaired) electrons. The molecule has 1 N–H and O–H groups in total. The molecule has 1 aliphatic rings. The van der Waals surface area contributed by atoms with Gasteiger partial charge in [0.05, 0.1) is 13.2 Å². The van der Waals surface area contributed by atoms with Gasteiger partial charge in [0.1, 0.15) is 0 Å². The minimum atomic E-state index is 0.486. The number of hydrogen-bond donors (Lipinski definition) is 1. The third-order valence-electron chi connectivity index (χ3n) is 4.00. The molecule has 0 amide bonds. The second kappa shape index (κ2) is 7.55. The van der Waals surface area contributed by atoms with Crippen molar-refractivity contribution in [1.82, 2.24) is 5.32 Å². The van der Waals surface area contributed by atoms with Crippen LogP contribution >= 0.6 is 0 Å². The zero-order chi connectivity index (χ0) is 15.2. The van der Waals surface area contributed by atoms with Gasteiger partial charge in [-0.2, -0.15) is 0 Å². The highest BCUT2D eigenvalue weighted by Crippen LogP contribution is 2.33. The van der Waals surface area contributed by atoms with Crippen molar-refractivity contribution in [2.24, 2.45) is 0 Å². The highest BCUT2D eigenvalue weighted by Gasteiger charge is 2.24. The molecule has 0 spiro atoms. The van der Waals surface area contributed by atoms with Crippen molar-refractivity contribution in [3.8, 4) is 11.5 Å². The normalized spacial score (nSPS) is 22.2. The van der Waals surface area contributed by atoms with Gasteiger partial charge in [0, 0.05) is 36.9 Å². The fourth-order valence-corrected chi connectivity index (χ4v) is 2.78. The summed E-state index contributed by atoms with van der Waals surface area (Å²) in [6.45, 7) is 11.9. The first-order valence-electron chi connectivity index (χ1n) is 8.09. The summed E-state index contributed by atoms with van der Waals surface area (Å²) < 4.78 is 11.4. The lowest BCUT2D eigenvalue weighted by molar-refractivity contribution is 0.287. The summed E-state index contributed by atoms with van der Waals surface area (Å²) in [6, 6.07) is 7.33. The Labute approximate surface area is 128 Å². The van der Waals surface area contributed by atoms with E-state index in [2.05, 4.69) is 36.2 Å². The Morgan fingerprint density at radius 3 is 2.52 bits per heavy atom. The van der Waals surface area contributed by atoms with Gasteiger partial charge >= 0.3 is 0 Å². The summed E-state index contributed by atoms with van der Waals surface area (Å²) in [6.07, 6.45) is 1.15. The maximum Gasteiger partial charge on any atom is 0.163 e. The lowest BCUT2D eigenvalue weighted by Gasteiger charge is -2.40. The number of benzene rings is 1. The van der Waals surface area contributed by atoms with E-state index in [-0.39, 0.29) is 0 Å². The van der Waals surface area contributed by atoms with Crippen molar-refractivity contribution in [3.63, 3.8) is 0 Å². The first-order chi connectivity index (χ1) is 10.2. The third kappa shape index (κ3) is 3.82. The molecular weight excluding hydrogens is 264 g/mol. The van der Waals surface area contributed by atoms with Crippen molar-refractivity contribution in [1.29, 1.82) is 0 Å². The van der Waals surface area contributed by atoms with E-state index in [1.807, 2.05) is 19.9 Å². The van der Waals surface area contributed by atoms with Crippen molar-refractivity contribution >= 4 is 5.69 Å². The van der Waals surface area contributed by atoms with E-state index in [0.717, 1.165) is 31.0 Å². The van der Waals surface area contributed by atoms with Crippen LogP contribution in [0.25, 0.3) is 0 Å². The Bertz CT molecular complexity index is 450. The van der Waals surface area contributed by atoms with Crippen LogP contribution in [0.4, 0.5) is 5.69 Å². The lowest BCUT2D eigenvalue weighted by atomic mass is 10.1. The largest absolute Gasteiger partial charge is 0.490 e. The van der Waals surface area contributed by atoms with E-state index in [1.165, 1.54) is 5.69 Å². The third-order valence-corrected chi connectivity index (χ3v) is 4.00. The van der Waals surface area contributed by atoms with Gasteiger partial charge in [-0.25, -0.2) is 0 Å². The minimum absolute atomic E-state index is 0.486. The van der Waals surface area contributed by atoms with Crippen LogP contribution < -0.4 is 19.7 Å². The molecule has 2 unspecified atom stereocenters. The fourth-order valence-electron chi connectivity index (χ4n) is 2.78. The molecule has 4 heteroatoms. The lowest BCUT2D eigenvalue weighted by Crippen LogP contribution is -2.55. The van der Waals surface area contributed by atoms with Crippen LogP contribution in [0.5, 0.6) is 11.5 Å². The monoisotopic (exact) mass is 292 g/mol. The van der Waals surface area contributed by atoms with Gasteiger partial charge in [-0.15, -0.1) is 0 Å². The molecule has 4 nitrogen and oxygen atoms in total. The standard InChI is InChI=1S/C17H28N2O2/c1-5-14-12-19(13(4)11-18-14)15-8-9-16(20-6-2)17(10-15)21-7-3/h8-10,13-14,18H,5-7,11-12H2,1-4H3. The molecule has 2 rings (SSSR count). The molecule has 1 heterocycles. The molecular formula is C17H28N2O2. The zero-order valence-electron chi connectivity index (χ0n) is 13.7. The molecule has 0 bridgehead atoms. The molecule has 2 atom stereocenters. The smallest absolute Gasteiger partial charge is 0.163 e. The van der Waals surface area contributed by atoms with Crippen molar-refractivity contribution in [2.75, 3.05) is 31.2 Å². The molecule has 0 aliphatic carbocycles. The summed E-state index contributed by atoms with van der Waals surface area (Å²) in [4.78, 5) is 2.46. The number of hydrogen-bond acceptors (Lipinski definition) is 4. The highest BCUT2D eigenvalue weighted by atomic mass is 16.5.